The summed E-state index contributed by atoms with van der Waals surface area (Å²) in [4.78, 5) is 31.1. The first kappa shape index (κ1) is 19.9. The van der Waals surface area contributed by atoms with Crippen LogP contribution in [0.3, 0.4) is 0 Å². The van der Waals surface area contributed by atoms with Gasteiger partial charge in [-0.2, -0.15) is 0 Å². The van der Waals surface area contributed by atoms with Crippen molar-refractivity contribution in [2.45, 2.75) is 26.9 Å². The van der Waals surface area contributed by atoms with Gasteiger partial charge in [0, 0.05) is 46.4 Å². The molecule has 0 bridgehead atoms. The van der Waals surface area contributed by atoms with Crippen LogP contribution in [0.2, 0.25) is 0 Å². The maximum Gasteiger partial charge on any atom is 0.289 e. The first-order chi connectivity index (χ1) is 13.0. The molecule has 2 aliphatic heterocycles. The Morgan fingerprint density at radius 3 is 2.37 bits per heavy atom. The van der Waals surface area contributed by atoms with Gasteiger partial charge in [-0.25, -0.2) is 0 Å². The minimum atomic E-state index is -0.0954. The van der Waals surface area contributed by atoms with Gasteiger partial charge >= 0.3 is 0 Å². The normalized spacial score (nSPS) is 24.3. The number of carbonyl (C=O) groups is 2. The molecule has 3 rings (SSSR count). The highest BCUT2D eigenvalue weighted by Gasteiger charge is 2.29. The molecule has 150 valence electrons. The predicted molar refractivity (Wildman–Crippen MR) is 101 cm³/mol. The number of piperidine rings is 1. The van der Waals surface area contributed by atoms with E-state index in [4.69, 9.17) is 9.15 Å². The Bertz CT molecular complexity index is 641. The molecule has 0 spiro atoms. The lowest BCUT2D eigenvalue weighted by molar-refractivity contribution is -0.135. The van der Waals surface area contributed by atoms with Crippen molar-refractivity contribution >= 4 is 11.8 Å². The van der Waals surface area contributed by atoms with Crippen LogP contribution in [-0.4, -0.2) is 79.4 Å². The number of nitrogens with zero attached hydrogens (tertiary/aromatic N) is 3. The highest BCUT2D eigenvalue weighted by atomic mass is 16.5. The lowest BCUT2D eigenvalue weighted by Crippen LogP contribution is -2.53. The molecule has 2 atom stereocenters. The minimum absolute atomic E-state index is 0.0954. The van der Waals surface area contributed by atoms with Crippen molar-refractivity contribution in [1.29, 1.82) is 0 Å². The fourth-order valence-corrected chi connectivity index (χ4v) is 4.14. The standard InChI is InChI=1S/C20H31N3O4/c1-15-10-16(2)12-23(11-15)19(24)13-21-6-8-22(9-7-21)20(25)18-5-4-17(27-18)14-26-3/h4-5,15-16H,6-14H2,1-3H3. The van der Waals surface area contributed by atoms with E-state index < -0.39 is 0 Å². The second-order valence-corrected chi connectivity index (χ2v) is 8.01. The van der Waals surface area contributed by atoms with Crippen molar-refractivity contribution in [2.24, 2.45) is 11.8 Å². The van der Waals surface area contributed by atoms with Gasteiger partial charge in [0.15, 0.2) is 5.76 Å². The Morgan fingerprint density at radius 1 is 1.07 bits per heavy atom. The molecule has 7 nitrogen and oxygen atoms in total. The van der Waals surface area contributed by atoms with Crippen molar-refractivity contribution in [1.82, 2.24) is 14.7 Å². The molecule has 2 unspecified atom stereocenters. The first-order valence-electron chi connectivity index (χ1n) is 9.83. The monoisotopic (exact) mass is 377 g/mol. The van der Waals surface area contributed by atoms with Gasteiger partial charge < -0.3 is 19.0 Å². The number of likely N-dealkylation sites (tertiary alicyclic amines) is 1. The van der Waals surface area contributed by atoms with Crippen LogP contribution in [0, 0.1) is 11.8 Å². The topological polar surface area (TPSA) is 66.2 Å². The van der Waals surface area contributed by atoms with E-state index in [1.165, 1.54) is 6.42 Å². The number of hydrogen-bond donors (Lipinski definition) is 0. The second kappa shape index (κ2) is 8.89. The molecule has 0 saturated carbocycles. The smallest absolute Gasteiger partial charge is 0.289 e. The zero-order chi connectivity index (χ0) is 19.4. The molecule has 0 aromatic carbocycles. The average molecular weight is 377 g/mol. The zero-order valence-corrected chi connectivity index (χ0v) is 16.6. The molecule has 7 heteroatoms. The van der Waals surface area contributed by atoms with Crippen molar-refractivity contribution in [3.8, 4) is 0 Å². The molecule has 2 fully saturated rings. The van der Waals surface area contributed by atoms with Crippen molar-refractivity contribution < 1.29 is 18.7 Å². The average Bonchev–Trinajstić information content (AvgIpc) is 3.10. The van der Waals surface area contributed by atoms with E-state index in [2.05, 4.69) is 18.7 Å². The van der Waals surface area contributed by atoms with Gasteiger partial charge in [-0.1, -0.05) is 13.8 Å². The van der Waals surface area contributed by atoms with Gasteiger partial charge in [-0.3, -0.25) is 14.5 Å². The van der Waals surface area contributed by atoms with E-state index >= 15 is 0 Å². The van der Waals surface area contributed by atoms with E-state index in [0.717, 1.165) is 13.1 Å². The second-order valence-electron chi connectivity index (χ2n) is 8.01. The van der Waals surface area contributed by atoms with Crippen LogP contribution in [0.4, 0.5) is 0 Å². The summed E-state index contributed by atoms with van der Waals surface area (Å²) >= 11 is 0. The number of ether oxygens (including phenoxy) is 1. The van der Waals surface area contributed by atoms with Crippen LogP contribution in [-0.2, 0) is 16.1 Å². The van der Waals surface area contributed by atoms with E-state index in [1.54, 1.807) is 24.1 Å². The van der Waals surface area contributed by atoms with Gasteiger partial charge in [0.25, 0.3) is 5.91 Å². The van der Waals surface area contributed by atoms with E-state index in [-0.39, 0.29) is 11.8 Å². The number of amides is 2. The summed E-state index contributed by atoms with van der Waals surface area (Å²) in [5, 5.41) is 0. The maximum atomic E-state index is 12.6. The summed E-state index contributed by atoms with van der Waals surface area (Å²) in [5.74, 6) is 2.26. The van der Waals surface area contributed by atoms with Crippen LogP contribution in [0.1, 0.15) is 36.6 Å². The van der Waals surface area contributed by atoms with Crippen molar-refractivity contribution in [2.75, 3.05) is 52.9 Å². The molecule has 27 heavy (non-hydrogen) atoms. The van der Waals surface area contributed by atoms with Gasteiger partial charge in [-0.05, 0) is 30.4 Å². The van der Waals surface area contributed by atoms with E-state index in [1.807, 2.05) is 4.90 Å². The van der Waals surface area contributed by atoms with Gasteiger partial charge in [-0.15, -0.1) is 0 Å². The summed E-state index contributed by atoms with van der Waals surface area (Å²) in [6.45, 7) is 9.60. The molecule has 2 saturated heterocycles. The van der Waals surface area contributed by atoms with Gasteiger partial charge in [0.1, 0.15) is 12.4 Å². The molecule has 0 aliphatic carbocycles. The SMILES string of the molecule is COCc1ccc(C(=O)N2CCN(CC(=O)N3CC(C)CC(C)C3)CC2)o1. The summed E-state index contributed by atoms with van der Waals surface area (Å²) in [6.07, 6.45) is 1.20. The van der Waals surface area contributed by atoms with E-state index in [9.17, 15) is 9.59 Å². The number of carbonyl (C=O) groups excluding carboxylic acids is 2. The van der Waals surface area contributed by atoms with Gasteiger partial charge in [0.05, 0.1) is 6.54 Å². The fraction of sp³-hybridized carbons (Fsp3) is 0.700. The summed E-state index contributed by atoms with van der Waals surface area (Å²) in [5.41, 5.74) is 0. The Labute approximate surface area is 161 Å². The van der Waals surface area contributed by atoms with Crippen LogP contribution in [0.15, 0.2) is 16.5 Å². The first-order valence-corrected chi connectivity index (χ1v) is 9.83. The third kappa shape index (κ3) is 5.11. The fourth-order valence-electron chi connectivity index (χ4n) is 4.14. The summed E-state index contributed by atoms with van der Waals surface area (Å²) < 4.78 is 10.6. The molecule has 1 aromatic rings. The number of hydrogen-bond acceptors (Lipinski definition) is 5. The van der Waals surface area contributed by atoms with Crippen molar-refractivity contribution in [3.63, 3.8) is 0 Å². The molecule has 0 radical (unpaired) electrons. The van der Waals surface area contributed by atoms with Crippen LogP contribution in [0.25, 0.3) is 0 Å². The summed E-state index contributed by atoms with van der Waals surface area (Å²) in [7, 11) is 1.59. The minimum Gasteiger partial charge on any atom is -0.453 e. The highest BCUT2D eigenvalue weighted by molar-refractivity contribution is 5.91. The largest absolute Gasteiger partial charge is 0.453 e. The third-order valence-corrected chi connectivity index (χ3v) is 5.40. The van der Waals surface area contributed by atoms with Crippen molar-refractivity contribution in [3.05, 3.63) is 23.7 Å². The Kier molecular flexibility index (Phi) is 6.55. The Balaban J connectivity index is 1.46. The van der Waals surface area contributed by atoms with Crippen LogP contribution >= 0.6 is 0 Å². The highest BCUT2D eigenvalue weighted by Crippen LogP contribution is 2.21. The molecule has 2 amide bonds. The van der Waals surface area contributed by atoms with Crippen LogP contribution in [0.5, 0.6) is 0 Å². The quantitative estimate of drug-likeness (QED) is 0.781. The number of piperazine rings is 1. The lowest BCUT2D eigenvalue weighted by atomic mass is 9.92. The van der Waals surface area contributed by atoms with E-state index in [0.29, 0.717) is 62.7 Å². The molecule has 3 heterocycles. The Hall–Kier alpha value is -1.86. The molecular formula is C20H31N3O4. The third-order valence-electron chi connectivity index (χ3n) is 5.40. The lowest BCUT2D eigenvalue weighted by Gasteiger charge is -2.38. The molecular weight excluding hydrogens is 346 g/mol. The Morgan fingerprint density at radius 2 is 1.74 bits per heavy atom. The number of methoxy groups -OCH3 is 1. The predicted octanol–water partition coefficient (Wildman–Crippen LogP) is 1.69. The molecule has 0 N–H and O–H groups in total. The summed E-state index contributed by atoms with van der Waals surface area (Å²) in [6, 6.07) is 3.47. The molecule has 1 aromatic heterocycles. The number of rotatable bonds is 5. The maximum absolute atomic E-state index is 12.6. The molecule has 2 aliphatic rings. The number of furan rings is 1. The van der Waals surface area contributed by atoms with Gasteiger partial charge in [0.2, 0.25) is 5.91 Å². The zero-order valence-electron chi connectivity index (χ0n) is 16.6. The van der Waals surface area contributed by atoms with Crippen LogP contribution < -0.4 is 0 Å².